The van der Waals surface area contributed by atoms with Crippen LogP contribution in [0.5, 0.6) is 0 Å². The second-order valence-corrected chi connectivity index (χ2v) is 8.27. The number of hydrogen-bond acceptors (Lipinski definition) is 4. The Kier molecular flexibility index (Phi) is 5.76. The predicted molar refractivity (Wildman–Crippen MR) is 121 cm³/mol. The number of fused-ring (bicyclic) bond motifs is 1. The molecule has 0 aliphatic carbocycles. The molecule has 1 fully saturated rings. The van der Waals surface area contributed by atoms with Crippen molar-refractivity contribution in [1.82, 2.24) is 19.0 Å². The molecule has 1 unspecified atom stereocenters. The summed E-state index contributed by atoms with van der Waals surface area (Å²) in [6.45, 7) is 6.15. The lowest BCUT2D eigenvalue weighted by molar-refractivity contribution is -0.135. The van der Waals surface area contributed by atoms with Gasteiger partial charge in [-0.2, -0.15) is 0 Å². The summed E-state index contributed by atoms with van der Waals surface area (Å²) < 4.78 is 2.51. The molecule has 0 bridgehead atoms. The molecule has 2 aromatic heterocycles. The number of aryl methyl sites for hydroxylation is 2. The molecule has 0 radical (unpaired) electrons. The number of pyridine rings is 1. The van der Waals surface area contributed by atoms with Gasteiger partial charge < -0.3 is 4.90 Å². The van der Waals surface area contributed by atoms with E-state index in [9.17, 15) is 14.4 Å². The molecule has 4 rings (SSSR count). The molecule has 0 saturated carbocycles. The average Bonchev–Trinajstić information content (AvgIpc) is 2.76. The highest BCUT2D eigenvalue weighted by molar-refractivity contribution is 5.81. The van der Waals surface area contributed by atoms with E-state index in [2.05, 4.69) is 11.9 Å². The van der Waals surface area contributed by atoms with E-state index in [1.807, 2.05) is 43.0 Å². The van der Waals surface area contributed by atoms with Gasteiger partial charge in [-0.05, 0) is 63.3 Å². The van der Waals surface area contributed by atoms with Crippen molar-refractivity contribution < 1.29 is 4.79 Å². The molecule has 1 aliphatic rings. The number of piperidine rings is 1. The molecule has 1 atom stereocenters. The maximum Gasteiger partial charge on any atom is 0.337 e. The van der Waals surface area contributed by atoms with Gasteiger partial charge in [0.1, 0.15) is 6.54 Å². The Bertz CT molecular complexity index is 1240. The SMILES string of the molecule is CCC1CCCCN1C(=O)Cn1c(=O)c2c(C)cc(C)nc2n(-c2ccccc2)c1=O. The molecular formula is C24H28N4O3. The highest BCUT2D eigenvalue weighted by atomic mass is 16.2. The Morgan fingerprint density at radius 1 is 1.13 bits per heavy atom. The summed E-state index contributed by atoms with van der Waals surface area (Å²) in [5.41, 5.74) is 1.40. The zero-order chi connectivity index (χ0) is 22.1. The van der Waals surface area contributed by atoms with E-state index in [0.717, 1.165) is 41.5 Å². The van der Waals surface area contributed by atoms with E-state index in [1.54, 1.807) is 12.1 Å². The summed E-state index contributed by atoms with van der Waals surface area (Å²) in [4.78, 5) is 46.4. The van der Waals surface area contributed by atoms with Crippen LogP contribution in [0.3, 0.4) is 0 Å². The first kappa shape index (κ1) is 21.0. The molecule has 1 saturated heterocycles. The third-order valence-corrected chi connectivity index (χ3v) is 6.15. The molecule has 3 heterocycles. The Labute approximate surface area is 181 Å². The zero-order valence-corrected chi connectivity index (χ0v) is 18.3. The van der Waals surface area contributed by atoms with Gasteiger partial charge in [-0.25, -0.2) is 18.9 Å². The molecule has 1 aliphatic heterocycles. The van der Waals surface area contributed by atoms with Crippen LogP contribution in [0.25, 0.3) is 16.7 Å². The fraction of sp³-hybridized carbons (Fsp3) is 0.417. The van der Waals surface area contributed by atoms with E-state index in [0.29, 0.717) is 23.3 Å². The fourth-order valence-electron chi connectivity index (χ4n) is 4.60. The zero-order valence-electron chi connectivity index (χ0n) is 18.3. The van der Waals surface area contributed by atoms with Crippen molar-refractivity contribution in [2.45, 2.75) is 59.0 Å². The van der Waals surface area contributed by atoms with E-state index >= 15 is 0 Å². The minimum absolute atomic E-state index is 0.166. The minimum Gasteiger partial charge on any atom is -0.338 e. The van der Waals surface area contributed by atoms with Crippen molar-refractivity contribution in [2.75, 3.05) is 6.54 Å². The summed E-state index contributed by atoms with van der Waals surface area (Å²) in [6, 6.07) is 11.1. The Balaban J connectivity index is 1.91. The molecule has 0 N–H and O–H groups in total. The standard InChI is InChI=1S/C24H28N4O3/c1-4-18-10-8-9-13-26(18)20(29)15-27-23(30)21-16(2)14-17(3)25-22(21)28(24(27)31)19-11-6-5-7-12-19/h5-7,11-12,14,18H,4,8-10,13,15H2,1-3H3. The molecule has 7 nitrogen and oxygen atoms in total. The van der Waals surface area contributed by atoms with Crippen LogP contribution in [0.2, 0.25) is 0 Å². The van der Waals surface area contributed by atoms with Gasteiger partial charge in [0, 0.05) is 18.3 Å². The van der Waals surface area contributed by atoms with Crippen molar-refractivity contribution >= 4 is 16.9 Å². The van der Waals surface area contributed by atoms with Crippen LogP contribution in [0.4, 0.5) is 0 Å². The monoisotopic (exact) mass is 420 g/mol. The third-order valence-electron chi connectivity index (χ3n) is 6.15. The fourth-order valence-corrected chi connectivity index (χ4v) is 4.60. The smallest absolute Gasteiger partial charge is 0.337 e. The quantitative estimate of drug-likeness (QED) is 0.650. The highest BCUT2D eigenvalue weighted by Crippen LogP contribution is 2.20. The molecule has 7 heteroatoms. The van der Waals surface area contributed by atoms with E-state index in [1.165, 1.54) is 4.57 Å². The van der Waals surface area contributed by atoms with Crippen LogP contribution in [0.1, 0.15) is 43.9 Å². The maximum atomic E-state index is 13.5. The normalized spacial score (nSPS) is 16.6. The predicted octanol–water partition coefficient (Wildman–Crippen LogP) is 2.96. The number of amides is 1. The van der Waals surface area contributed by atoms with Crippen molar-refractivity contribution in [2.24, 2.45) is 0 Å². The van der Waals surface area contributed by atoms with Crippen molar-refractivity contribution in [3.8, 4) is 5.69 Å². The Hall–Kier alpha value is -3.22. The molecule has 162 valence electrons. The number of carbonyl (C=O) groups is 1. The van der Waals surface area contributed by atoms with Crippen LogP contribution in [-0.4, -0.2) is 37.5 Å². The second-order valence-electron chi connectivity index (χ2n) is 8.27. The molecule has 3 aromatic rings. The maximum absolute atomic E-state index is 13.5. The van der Waals surface area contributed by atoms with Crippen LogP contribution >= 0.6 is 0 Å². The van der Waals surface area contributed by atoms with Gasteiger partial charge in [-0.1, -0.05) is 25.1 Å². The van der Waals surface area contributed by atoms with Crippen LogP contribution in [0.15, 0.2) is 46.0 Å². The van der Waals surface area contributed by atoms with Gasteiger partial charge in [0.15, 0.2) is 5.65 Å². The molecule has 31 heavy (non-hydrogen) atoms. The van der Waals surface area contributed by atoms with Gasteiger partial charge in [-0.15, -0.1) is 0 Å². The van der Waals surface area contributed by atoms with Gasteiger partial charge in [0.25, 0.3) is 5.56 Å². The van der Waals surface area contributed by atoms with Gasteiger partial charge >= 0.3 is 5.69 Å². The lowest BCUT2D eigenvalue weighted by Gasteiger charge is -2.35. The third kappa shape index (κ3) is 3.80. The summed E-state index contributed by atoms with van der Waals surface area (Å²) in [5, 5.41) is 0.368. The van der Waals surface area contributed by atoms with Gasteiger partial charge in [0.05, 0.1) is 11.1 Å². The summed E-state index contributed by atoms with van der Waals surface area (Å²) >= 11 is 0. The summed E-state index contributed by atoms with van der Waals surface area (Å²) in [5.74, 6) is -0.178. The number of para-hydroxylation sites is 1. The van der Waals surface area contributed by atoms with E-state index < -0.39 is 11.2 Å². The summed E-state index contributed by atoms with van der Waals surface area (Å²) in [6.07, 6.45) is 3.88. The lowest BCUT2D eigenvalue weighted by atomic mass is 10.00. The number of carbonyl (C=O) groups excluding carboxylic acids is 1. The molecular weight excluding hydrogens is 392 g/mol. The lowest BCUT2D eigenvalue weighted by Crippen LogP contribution is -2.49. The number of likely N-dealkylation sites (tertiary alicyclic amines) is 1. The van der Waals surface area contributed by atoms with Crippen molar-refractivity contribution in [1.29, 1.82) is 0 Å². The first-order valence-corrected chi connectivity index (χ1v) is 10.9. The highest BCUT2D eigenvalue weighted by Gasteiger charge is 2.27. The molecule has 0 spiro atoms. The second kappa shape index (κ2) is 8.49. The van der Waals surface area contributed by atoms with E-state index in [-0.39, 0.29) is 18.5 Å². The first-order valence-electron chi connectivity index (χ1n) is 10.9. The van der Waals surface area contributed by atoms with E-state index in [4.69, 9.17) is 0 Å². The van der Waals surface area contributed by atoms with Crippen LogP contribution < -0.4 is 11.2 Å². The summed E-state index contributed by atoms with van der Waals surface area (Å²) in [7, 11) is 0. The number of benzene rings is 1. The Morgan fingerprint density at radius 3 is 2.58 bits per heavy atom. The van der Waals surface area contributed by atoms with Crippen LogP contribution in [0, 0.1) is 13.8 Å². The number of aromatic nitrogens is 3. The Morgan fingerprint density at radius 2 is 1.87 bits per heavy atom. The average molecular weight is 421 g/mol. The number of rotatable bonds is 4. The molecule has 1 amide bonds. The van der Waals surface area contributed by atoms with Crippen molar-refractivity contribution in [3.05, 3.63) is 68.5 Å². The number of nitrogens with zero attached hydrogens (tertiary/aromatic N) is 4. The van der Waals surface area contributed by atoms with Gasteiger partial charge in [0.2, 0.25) is 5.91 Å². The van der Waals surface area contributed by atoms with Crippen LogP contribution in [-0.2, 0) is 11.3 Å². The minimum atomic E-state index is -0.542. The largest absolute Gasteiger partial charge is 0.338 e. The van der Waals surface area contributed by atoms with Crippen molar-refractivity contribution in [3.63, 3.8) is 0 Å². The van der Waals surface area contributed by atoms with Gasteiger partial charge in [-0.3, -0.25) is 9.59 Å². The molecule has 1 aromatic carbocycles. The number of hydrogen-bond donors (Lipinski definition) is 0. The first-order chi connectivity index (χ1) is 14.9. The topological polar surface area (TPSA) is 77.2 Å².